The molecule has 0 aliphatic carbocycles. The molecule has 0 atom stereocenters. The highest BCUT2D eigenvalue weighted by atomic mass is 15.1. The van der Waals surface area contributed by atoms with E-state index in [2.05, 4.69) is 43.6 Å². The van der Waals surface area contributed by atoms with Gasteiger partial charge in [-0.05, 0) is 60.7 Å². The molecule has 6 nitrogen and oxygen atoms in total. The SMILES string of the molecule is [C-]#[N+]c1cccc2c1ccn2-c1ccc(-c2nc(-c3ccccn3)cn2-c2cccnc2)cc1. The minimum absolute atomic E-state index is 0.661. The molecular weight excluding hydrogens is 420 g/mol. The van der Waals surface area contributed by atoms with Crippen molar-refractivity contribution in [2.24, 2.45) is 0 Å². The van der Waals surface area contributed by atoms with E-state index >= 15 is 0 Å². The van der Waals surface area contributed by atoms with E-state index in [9.17, 15) is 0 Å². The minimum Gasteiger partial charge on any atom is -0.318 e. The Labute approximate surface area is 196 Å². The summed E-state index contributed by atoms with van der Waals surface area (Å²) in [6.45, 7) is 7.42. The van der Waals surface area contributed by atoms with Gasteiger partial charge in [0.2, 0.25) is 0 Å². The van der Waals surface area contributed by atoms with Crippen molar-refractivity contribution in [1.29, 1.82) is 0 Å². The third-order valence-corrected chi connectivity index (χ3v) is 5.79. The van der Waals surface area contributed by atoms with Gasteiger partial charge in [-0.1, -0.05) is 18.2 Å². The van der Waals surface area contributed by atoms with Gasteiger partial charge in [-0.25, -0.2) is 9.83 Å². The van der Waals surface area contributed by atoms with Crippen molar-refractivity contribution in [2.45, 2.75) is 0 Å². The molecule has 0 bridgehead atoms. The van der Waals surface area contributed by atoms with Crippen LogP contribution < -0.4 is 0 Å². The maximum absolute atomic E-state index is 7.42. The first kappa shape index (κ1) is 19.6. The zero-order valence-electron chi connectivity index (χ0n) is 18.1. The van der Waals surface area contributed by atoms with Crippen LogP contribution >= 0.6 is 0 Å². The first-order valence-electron chi connectivity index (χ1n) is 10.8. The number of aromatic nitrogens is 5. The monoisotopic (exact) mass is 438 g/mol. The highest BCUT2D eigenvalue weighted by Crippen LogP contribution is 2.31. The zero-order chi connectivity index (χ0) is 22.9. The molecule has 0 saturated carbocycles. The molecule has 0 aliphatic heterocycles. The molecule has 6 heteroatoms. The second kappa shape index (κ2) is 8.15. The molecule has 0 aliphatic rings. The van der Waals surface area contributed by atoms with Gasteiger partial charge in [0.25, 0.3) is 0 Å². The lowest BCUT2D eigenvalue weighted by atomic mass is 10.2. The predicted octanol–water partition coefficient (Wildman–Crippen LogP) is 6.49. The van der Waals surface area contributed by atoms with E-state index in [0.717, 1.165) is 45.1 Å². The summed E-state index contributed by atoms with van der Waals surface area (Å²) in [7, 11) is 0. The topological polar surface area (TPSA) is 52.9 Å². The standard InChI is InChI=1S/C28H18N6/c1-29-24-8-4-9-27-23(24)14-17-33(27)21-12-10-20(11-13-21)28-32-26(25-7-2-3-16-31-25)19-34(28)22-6-5-15-30-18-22/h2-19H. The number of hydrogen-bond donors (Lipinski definition) is 0. The Morgan fingerprint density at radius 1 is 0.735 bits per heavy atom. The Morgan fingerprint density at radius 2 is 1.65 bits per heavy atom. The summed E-state index contributed by atoms with van der Waals surface area (Å²) >= 11 is 0. The van der Waals surface area contributed by atoms with E-state index in [-0.39, 0.29) is 0 Å². The molecule has 0 spiro atoms. The largest absolute Gasteiger partial charge is 0.318 e. The van der Waals surface area contributed by atoms with Crippen LogP contribution in [0.4, 0.5) is 5.69 Å². The molecule has 0 radical (unpaired) electrons. The molecule has 0 unspecified atom stereocenters. The fourth-order valence-corrected chi connectivity index (χ4v) is 4.16. The molecule has 4 aromatic heterocycles. The average molecular weight is 438 g/mol. The van der Waals surface area contributed by atoms with E-state index in [1.165, 1.54) is 0 Å². The number of pyridine rings is 2. The summed E-state index contributed by atoms with van der Waals surface area (Å²) in [5.41, 5.74) is 6.21. The minimum atomic E-state index is 0.661. The number of imidazole rings is 1. The highest BCUT2D eigenvalue weighted by Gasteiger charge is 2.14. The molecule has 2 aromatic carbocycles. The van der Waals surface area contributed by atoms with Gasteiger partial charge in [0.1, 0.15) is 11.5 Å². The van der Waals surface area contributed by atoms with Crippen molar-refractivity contribution < 1.29 is 0 Å². The molecule has 160 valence electrons. The van der Waals surface area contributed by atoms with Crippen LogP contribution in [0.2, 0.25) is 0 Å². The van der Waals surface area contributed by atoms with Gasteiger partial charge in [0, 0.05) is 46.9 Å². The average Bonchev–Trinajstić information content (AvgIpc) is 3.55. The summed E-state index contributed by atoms with van der Waals surface area (Å²) in [6, 6.07) is 25.8. The summed E-state index contributed by atoms with van der Waals surface area (Å²) in [4.78, 5) is 17.3. The van der Waals surface area contributed by atoms with Crippen LogP contribution in [0.25, 0.3) is 49.9 Å². The fourth-order valence-electron chi connectivity index (χ4n) is 4.16. The van der Waals surface area contributed by atoms with Crippen molar-refractivity contribution in [3.05, 3.63) is 121 Å². The van der Waals surface area contributed by atoms with Gasteiger partial charge >= 0.3 is 0 Å². The third-order valence-electron chi connectivity index (χ3n) is 5.79. The highest BCUT2D eigenvalue weighted by molar-refractivity contribution is 5.93. The number of benzene rings is 2. The Morgan fingerprint density at radius 3 is 2.41 bits per heavy atom. The first-order valence-corrected chi connectivity index (χ1v) is 10.8. The van der Waals surface area contributed by atoms with E-state index in [4.69, 9.17) is 11.6 Å². The zero-order valence-corrected chi connectivity index (χ0v) is 18.1. The van der Waals surface area contributed by atoms with Gasteiger partial charge in [-0.15, -0.1) is 0 Å². The lowest BCUT2D eigenvalue weighted by molar-refractivity contribution is 1.05. The van der Waals surface area contributed by atoms with Crippen molar-refractivity contribution >= 4 is 16.6 Å². The van der Waals surface area contributed by atoms with E-state index in [1.807, 2.05) is 77.8 Å². The Kier molecular flexibility index (Phi) is 4.71. The van der Waals surface area contributed by atoms with Crippen molar-refractivity contribution in [2.75, 3.05) is 0 Å². The number of nitrogens with zero attached hydrogens (tertiary/aromatic N) is 6. The quantitative estimate of drug-likeness (QED) is 0.296. The Hall–Kier alpha value is -5.02. The van der Waals surface area contributed by atoms with Crippen LogP contribution in [0.3, 0.4) is 0 Å². The molecule has 6 rings (SSSR count). The molecule has 0 N–H and O–H groups in total. The Balaban J connectivity index is 1.45. The molecule has 6 aromatic rings. The number of hydrogen-bond acceptors (Lipinski definition) is 3. The van der Waals surface area contributed by atoms with Crippen LogP contribution in [0.15, 0.2) is 110 Å². The molecule has 4 heterocycles. The van der Waals surface area contributed by atoms with Crippen molar-refractivity contribution in [3.8, 4) is 34.2 Å². The lowest BCUT2D eigenvalue weighted by Gasteiger charge is -2.09. The van der Waals surface area contributed by atoms with Gasteiger partial charge in [-0.3, -0.25) is 14.5 Å². The number of fused-ring (bicyclic) bond motifs is 1. The molecule has 0 saturated heterocycles. The van der Waals surface area contributed by atoms with Crippen LogP contribution in [-0.2, 0) is 0 Å². The third kappa shape index (κ3) is 3.33. The van der Waals surface area contributed by atoms with Crippen LogP contribution in [0.5, 0.6) is 0 Å². The van der Waals surface area contributed by atoms with Gasteiger partial charge in [0.15, 0.2) is 5.69 Å². The van der Waals surface area contributed by atoms with Crippen molar-refractivity contribution in [1.82, 2.24) is 24.1 Å². The summed E-state index contributed by atoms with van der Waals surface area (Å²) in [6.07, 6.45) is 9.35. The maximum Gasteiger partial charge on any atom is 0.196 e. The van der Waals surface area contributed by atoms with Crippen LogP contribution in [-0.4, -0.2) is 24.1 Å². The van der Waals surface area contributed by atoms with Gasteiger partial charge in [-0.2, -0.15) is 0 Å². The second-order valence-electron chi connectivity index (χ2n) is 7.80. The molecular formula is C28H18N6. The number of rotatable bonds is 4. The smallest absolute Gasteiger partial charge is 0.196 e. The molecule has 0 amide bonds. The summed E-state index contributed by atoms with van der Waals surface area (Å²) in [5.74, 6) is 0.813. The van der Waals surface area contributed by atoms with E-state index in [1.54, 1.807) is 12.4 Å². The lowest BCUT2D eigenvalue weighted by Crippen LogP contribution is -1.97. The normalized spacial score (nSPS) is 10.9. The maximum atomic E-state index is 7.42. The summed E-state index contributed by atoms with van der Waals surface area (Å²) in [5, 5.41) is 0.953. The van der Waals surface area contributed by atoms with E-state index < -0.39 is 0 Å². The predicted molar refractivity (Wildman–Crippen MR) is 133 cm³/mol. The van der Waals surface area contributed by atoms with E-state index in [0.29, 0.717) is 5.69 Å². The fraction of sp³-hybridized carbons (Fsp3) is 0. The second-order valence-corrected chi connectivity index (χ2v) is 7.80. The molecule has 0 fully saturated rings. The Bertz CT molecular complexity index is 1640. The summed E-state index contributed by atoms with van der Waals surface area (Å²) < 4.78 is 4.14. The first-order chi connectivity index (χ1) is 16.8. The van der Waals surface area contributed by atoms with Crippen molar-refractivity contribution in [3.63, 3.8) is 0 Å². The van der Waals surface area contributed by atoms with Crippen LogP contribution in [0.1, 0.15) is 0 Å². The van der Waals surface area contributed by atoms with Gasteiger partial charge < -0.3 is 4.57 Å². The van der Waals surface area contributed by atoms with Crippen LogP contribution in [0, 0.1) is 6.57 Å². The van der Waals surface area contributed by atoms with Gasteiger partial charge in [0.05, 0.1) is 24.2 Å². The molecule has 34 heavy (non-hydrogen) atoms.